The molecule has 10 nitrogen and oxygen atoms in total. The smallest absolute Gasteiger partial charge is 0.335 e. The van der Waals surface area contributed by atoms with Gasteiger partial charge in [-0.3, -0.25) is 15.5 Å². The molecule has 0 saturated heterocycles. The van der Waals surface area contributed by atoms with E-state index in [1.807, 2.05) is 13.0 Å². The Morgan fingerprint density at radius 3 is 2.13 bits per heavy atom. The summed E-state index contributed by atoms with van der Waals surface area (Å²) in [5.41, 5.74) is 5.69. The van der Waals surface area contributed by atoms with Crippen LogP contribution in [0.15, 0.2) is 53.6 Å². The first-order chi connectivity index (χ1) is 14.7. The molecule has 0 spiro atoms. The Morgan fingerprint density at radius 2 is 1.61 bits per heavy atom. The van der Waals surface area contributed by atoms with Gasteiger partial charge in [0.05, 0.1) is 28.0 Å². The van der Waals surface area contributed by atoms with Crippen LogP contribution < -0.4 is 5.43 Å². The molecule has 0 unspecified atom stereocenters. The monoisotopic (exact) mass is 422 g/mol. The third kappa shape index (κ3) is 4.58. The summed E-state index contributed by atoms with van der Waals surface area (Å²) in [5, 5.41) is 33.5. The average Bonchev–Trinajstić information content (AvgIpc) is 3.01. The van der Waals surface area contributed by atoms with Gasteiger partial charge < -0.3 is 14.8 Å². The molecule has 0 aliphatic heterocycles. The summed E-state index contributed by atoms with van der Waals surface area (Å²) < 4.78 is 1.74. The molecule has 10 heteroatoms. The first kappa shape index (κ1) is 21.2. The van der Waals surface area contributed by atoms with Gasteiger partial charge in [0.1, 0.15) is 0 Å². The van der Waals surface area contributed by atoms with Crippen LogP contribution in [-0.2, 0) is 0 Å². The van der Waals surface area contributed by atoms with Crippen LogP contribution >= 0.6 is 0 Å². The number of non-ortho nitro benzene ring substituents is 1. The summed E-state index contributed by atoms with van der Waals surface area (Å²) in [4.78, 5) is 33.0. The van der Waals surface area contributed by atoms with Crippen molar-refractivity contribution in [2.45, 2.75) is 13.8 Å². The molecule has 158 valence electrons. The number of carboxylic acids is 2. The van der Waals surface area contributed by atoms with E-state index < -0.39 is 16.9 Å². The van der Waals surface area contributed by atoms with E-state index in [0.717, 1.165) is 23.0 Å². The van der Waals surface area contributed by atoms with Crippen LogP contribution in [0.2, 0.25) is 0 Å². The van der Waals surface area contributed by atoms with E-state index in [0.29, 0.717) is 11.4 Å². The third-order valence-electron chi connectivity index (χ3n) is 4.62. The Balaban J connectivity index is 1.90. The number of hydrogen-bond donors (Lipinski definition) is 3. The number of aromatic carboxylic acids is 2. The number of hydrogen-bond acceptors (Lipinski definition) is 6. The lowest BCUT2D eigenvalue weighted by Crippen LogP contribution is -2.07. The minimum Gasteiger partial charge on any atom is -0.478 e. The Morgan fingerprint density at radius 1 is 1.03 bits per heavy atom. The predicted octanol–water partition coefficient (Wildman–Crippen LogP) is 3.84. The lowest BCUT2D eigenvalue weighted by molar-refractivity contribution is -0.384. The zero-order valence-corrected chi connectivity index (χ0v) is 16.6. The van der Waals surface area contributed by atoms with Gasteiger partial charge in [0.2, 0.25) is 0 Å². The fraction of sp³-hybridized carbons (Fsp3) is 0.0952. The molecule has 0 amide bonds. The number of nitrogens with zero attached hydrogens (tertiary/aromatic N) is 3. The maximum Gasteiger partial charge on any atom is 0.335 e. The van der Waals surface area contributed by atoms with E-state index in [1.54, 1.807) is 17.7 Å². The molecule has 3 N–H and O–H groups in total. The van der Waals surface area contributed by atoms with Gasteiger partial charge in [0.25, 0.3) is 5.69 Å². The highest BCUT2D eigenvalue weighted by Crippen LogP contribution is 2.23. The number of rotatable bonds is 7. The second-order valence-electron chi connectivity index (χ2n) is 6.71. The van der Waals surface area contributed by atoms with Crippen molar-refractivity contribution >= 4 is 29.5 Å². The molecule has 0 bridgehead atoms. The van der Waals surface area contributed by atoms with Gasteiger partial charge >= 0.3 is 11.9 Å². The van der Waals surface area contributed by atoms with E-state index in [9.17, 15) is 29.9 Å². The minimum absolute atomic E-state index is 0.0256. The van der Waals surface area contributed by atoms with Crippen molar-refractivity contribution in [1.82, 2.24) is 4.57 Å². The lowest BCUT2D eigenvalue weighted by atomic mass is 10.1. The summed E-state index contributed by atoms with van der Waals surface area (Å²) in [7, 11) is 0. The number of carbonyl (C=O) groups is 2. The average molecular weight is 422 g/mol. The second kappa shape index (κ2) is 8.49. The maximum absolute atomic E-state index is 11.4. The minimum atomic E-state index is -1.22. The largest absolute Gasteiger partial charge is 0.478 e. The van der Waals surface area contributed by atoms with Crippen LogP contribution in [0.1, 0.15) is 37.7 Å². The predicted molar refractivity (Wildman–Crippen MR) is 113 cm³/mol. The first-order valence-corrected chi connectivity index (χ1v) is 9.02. The van der Waals surface area contributed by atoms with E-state index in [4.69, 9.17) is 0 Å². The first-order valence-electron chi connectivity index (χ1n) is 9.02. The molecule has 1 aromatic heterocycles. The molecule has 0 fully saturated rings. The Labute approximate surface area is 176 Å². The van der Waals surface area contributed by atoms with Crippen LogP contribution in [0.5, 0.6) is 0 Å². The van der Waals surface area contributed by atoms with Gasteiger partial charge in [-0.15, -0.1) is 0 Å². The van der Waals surface area contributed by atoms with Crippen molar-refractivity contribution in [3.05, 3.63) is 86.7 Å². The molecular weight excluding hydrogens is 404 g/mol. The van der Waals surface area contributed by atoms with Crippen molar-refractivity contribution < 1.29 is 24.7 Å². The molecule has 0 atom stereocenters. The highest BCUT2D eigenvalue weighted by molar-refractivity contribution is 5.95. The Bertz CT molecular complexity index is 1180. The number of benzene rings is 2. The van der Waals surface area contributed by atoms with Crippen LogP contribution in [0.3, 0.4) is 0 Å². The number of nitro groups is 1. The highest BCUT2D eigenvalue weighted by atomic mass is 16.6. The fourth-order valence-corrected chi connectivity index (χ4v) is 3.14. The molecule has 2 aromatic carbocycles. The number of nitrogens with one attached hydrogen (secondary N) is 1. The van der Waals surface area contributed by atoms with Crippen LogP contribution in [-0.4, -0.2) is 37.9 Å². The van der Waals surface area contributed by atoms with E-state index in [-0.39, 0.29) is 16.8 Å². The van der Waals surface area contributed by atoms with Crippen LogP contribution in [0, 0.1) is 24.0 Å². The van der Waals surface area contributed by atoms with Crippen molar-refractivity contribution in [2.75, 3.05) is 5.43 Å². The van der Waals surface area contributed by atoms with E-state index in [2.05, 4.69) is 10.5 Å². The summed E-state index contributed by atoms with van der Waals surface area (Å²) in [6, 6.07) is 11.5. The molecule has 0 radical (unpaired) electrons. The molecule has 1 heterocycles. The van der Waals surface area contributed by atoms with E-state index >= 15 is 0 Å². The molecule has 3 aromatic rings. The lowest BCUT2D eigenvalue weighted by Gasteiger charge is -2.12. The quantitative estimate of drug-likeness (QED) is 0.298. The van der Waals surface area contributed by atoms with Crippen molar-refractivity contribution in [3.8, 4) is 5.69 Å². The van der Waals surface area contributed by atoms with Crippen molar-refractivity contribution in [2.24, 2.45) is 5.10 Å². The SMILES string of the molecule is Cc1cc(/C=N\Nc2ccc([N+](=O)[O-])cc2)c(C)n1-c1cc(C(=O)O)cc(C(=O)O)c1. The van der Waals surface area contributed by atoms with Gasteiger partial charge in [-0.25, -0.2) is 9.59 Å². The van der Waals surface area contributed by atoms with Gasteiger partial charge in [-0.05, 0) is 50.2 Å². The standard InChI is InChI=1S/C21H18N4O6/c1-12-7-16(11-22-23-17-3-5-18(6-4-17)25(30)31)13(2)24(12)19-9-14(20(26)27)8-15(10-19)21(28)29/h3-11,23H,1-2H3,(H,26,27)(H,28,29)/b22-11-. The molecule has 0 saturated carbocycles. The van der Waals surface area contributed by atoms with Crippen molar-refractivity contribution in [1.29, 1.82) is 0 Å². The molecule has 31 heavy (non-hydrogen) atoms. The van der Waals surface area contributed by atoms with Gasteiger partial charge in [0.15, 0.2) is 0 Å². The maximum atomic E-state index is 11.4. The van der Waals surface area contributed by atoms with Gasteiger partial charge in [0, 0.05) is 34.8 Å². The number of aromatic nitrogens is 1. The number of carboxylic acid groups (broad SMARTS) is 2. The normalized spacial score (nSPS) is 10.9. The molecule has 0 aliphatic carbocycles. The Hall–Kier alpha value is -4.47. The second-order valence-corrected chi connectivity index (χ2v) is 6.71. The summed E-state index contributed by atoms with van der Waals surface area (Å²) in [6.45, 7) is 3.61. The number of nitro benzene ring substituents is 1. The fourth-order valence-electron chi connectivity index (χ4n) is 3.14. The third-order valence-corrected chi connectivity index (χ3v) is 4.62. The topological polar surface area (TPSA) is 147 Å². The van der Waals surface area contributed by atoms with Crippen molar-refractivity contribution in [3.63, 3.8) is 0 Å². The van der Waals surface area contributed by atoms with Crippen LogP contribution in [0.4, 0.5) is 11.4 Å². The highest BCUT2D eigenvalue weighted by Gasteiger charge is 2.16. The number of aryl methyl sites for hydroxylation is 1. The Kier molecular flexibility index (Phi) is 5.82. The van der Waals surface area contributed by atoms with Crippen LogP contribution in [0.25, 0.3) is 5.69 Å². The van der Waals surface area contributed by atoms with Gasteiger partial charge in [-0.1, -0.05) is 0 Å². The zero-order valence-electron chi connectivity index (χ0n) is 16.6. The summed E-state index contributed by atoms with van der Waals surface area (Å²) in [6.07, 6.45) is 1.55. The molecular formula is C21H18N4O6. The summed E-state index contributed by atoms with van der Waals surface area (Å²) >= 11 is 0. The molecule has 3 rings (SSSR count). The van der Waals surface area contributed by atoms with Gasteiger partial charge in [-0.2, -0.15) is 5.10 Å². The zero-order chi connectivity index (χ0) is 22.7. The van der Waals surface area contributed by atoms with E-state index in [1.165, 1.54) is 36.4 Å². The summed E-state index contributed by atoms with van der Waals surface area (Å²) in [5.74, 6) is -2.44. The number of hydrazone groups is 1. The molecule has 0 aliphatic rings. The number of anilines is 1.